The Morgan fingerprint density at radius 3 is 2.84 bits per heavy atom. The van der Waals surface area contributed by atoms with E-state index in [9.17, 15) is 13.6 Å². The highest BCUT2D eigenvalue weighted by Gasteiger charge is 2.09. The Hall–Kier alpha value is -2.51. The molecule has 19 heavy (non-hydrogen) atoms. The Kier molecular flexibility index (Phi) is 3.69. The summed E-state index contributed by atoms with van der Waals surface area (Å²) in [5.41, 5.74) is 5.36. The third-order valence-electron chi connectivity index (χ3n) is 2.25. The molecule has 100 valence electrons. The first-order valence-corrected chi connectivity index (χ1v) is 5.29. The number of hydrogen-bond acceptors (Lipinski definition) is 5. The van der Waals surface area contributed by atoms with E-state index in [-0.39, 0.29) is 24.7 Å². The number of benzene rings is 1. The first kappa shape index (κ1) is 12.9. The molecule has 0 aliphatic heterocycles. The van der Waals surface area contributed by atoms with Crippen LogP contribution >= 0.6 is 0 Å². The van der Waals surface area contributed by atoms with Crippen LogP contribution in [0.5, 0.6) is 0 Å². The average Bonchev–Trinajstić information content (AvgIpc) is 2.73. The molecular weight excluding hydrogens is 258 g/mol. The van der Waals surface area contributed by atoms with Crippen molar-refractivity contribution in [1.82, 2.24) is 14.8 Å². The molecule has 1 aromatic carbocycles. The van der Waals surface area contributed by atoms with Gasteiger partial charge >= 0.3 is 5.97 Å². The van der Waals surface area contributed by atoms with Gasteiger partial charge in [-0.3, -0.25) is 4.79 Å². The van der Waals surface area contributed by atoms with Gasteiger partial charge in [-0.15, -0.1) is 5.10 Å². The smallest absolute Gasteiger partial charge is 0.328 e. The highest BCUT2D eigenvalue weighted by atomic mass is 19.1. The number of anilines is 1. The van der Waals surface area contributed by atoms with Gasteiger partial charge in [-0.1, -0.05) is 0 Å². The van der Waals surface area contributed by atoms with E-state index in [4.69, 9.17) is 10.5 Å². The van der Waals surface area contributed by atoms with Gasteiger partial charge in [0.05, 0.1) is 0 Å². The standard InChI is InChI=1S/C11H10F2N4O2/c12-8-2-1-7(9(13)3-8)5-19-10(18)4-17-6-15-11(14)16-17/h1-3,6H,4-5H2,(H2,14,16). The number of esters is 1. The molecule has 1 heterocycles. The van der Waals surface area contributed by atoms with E-state index in [0.717, 1.165) is 12.1 Å². The van der Waals surface area contributed by atoms with Gasteiger partial charge in [-0.05, 0) is 12.1 Å². The first-order valence-electron chi connectivity index (χ1n) is 5.29. The Bertz CT molecular complexity index is 600. The number of rotatable bonds is 4. The van der Waals surface area contributed by atoms with E-state index in [0.29, 0.717) is 0 Å². The maximum absolute atomic E-state index is 13.3. The van der Waals surface area contributed by atoms with Crippen LogP contribution in [0.3, 0.4) is 0 Å². The predicted octanol–water partition coefficient (Wildman–Crippen LogP) is 0.882. The van der Waals surface area contributed by atoms with Crippen molar-refractivity contribution in [2.24, 2.45) is 0 Å². The molecule has 0 amide bonds. The van der Waals surface area contributed by atoms with Gasteiger partial charge in [0, 0.05) is 11.6 Å². The van der Waals surface area contributed by atoms with Gasteiger partial charge in [0.1, 0.15) is 31.1 Å². The van der Waals surface area contributed by atoms with Crippen LogP contribution in [0.2, 0.25) is 0 Å². The second-order valence-corrected chi connectivity index (χ2v) is 3.70. The van der Waals surface area contributed by atoms with Crippen molar-refractivity contribution >= 4 is 11.9 Å². The molecule has 0 radical (unpaired) electrons. The Morgan fingerprint density at radius 1 is 1.42 bits per heavy atom. The lowest BCUT2D eigenvalue weighted by atomic mass is 10.2. The lowest BCUT2D eigenvalue weighted by Crippen LogP contribution is -2.14. The van der Waals surface area contributed by atoms with Crippen molar-refractivity contribution in [2.75, 3.05) is 5.73 Å². The Morgan fingerprint density at radius 2 is 2.21 bits per heavy atom. The van der Waals surface area contributed by atoms with E-state index in [2.05, 4.69) is 10.1 Å². The van der Waals surface area contributed by atoms with E-state index >= 15 is 0 Å². The fraction of sp³-hybridized carbons (Fsp3) is 0.182. The molecule has 8 heteroatoms. The van der Waals surface area contributed by atoms with E-state index in [1.54, 1.807) is 0 Å². The second-order valence-electron chi connectivity index (χ2n) is 3.70. The zero-order chi connectivity index (χ0) is 13.8. The normalized spacial score (nSPS) is 10.4. The number of ether oxygens (including phenoxy) is 1. The second kappa shape index (κ2) is 5.42. The lowest BCUT2D eigenvalue weighted by molar-refractivity contribution is -0.145. The van der Waals surface area contributed by atoms with Gasteiger partial charge in [-0.25, -0.2) is 18.4 Å². The van der Waals surface area contributed by atoms with Crippen LogP contribution < -0.4 is 5.73 Å². The largest absolute Gasteiger partial charge is 0.459 e. The third-order valence-corrected chi connectivity index (χ3v) is 2.25. The van der Waals surface area contributed by atoms with Gasteiger partial charge in [0.25, 0.3) is 0 Å². The first-order chi connectivity index (χ1) is 9.04. The minimum atomic E-state index is -0.766. The highest BCUT2D eigenvalue weighted by Crippen LogP contribution is 2.10. The maximum atomic E-state index is 13.3. The number of nitrogen functional groups attached to an aromatic ring is 1. The van der Waals surface area contributed by atoms with E-state index < -0.39 is 17.6 Å². The van der Waals surface area contributed by atoms with Gasteiger partial charge in [0.15, 0.2) is 0 Å². The van der Waals surface area contributed by atoms with Crippen molar-refractivity contribution in [3.63, 3.8) is 0 Å². The van der Waals surface area contributed by atoms with Gasteiger partial charge in [-0.2, -0.15) is 0 Å². The quantitative estimate of drug-likeness (QED) is 0.832. The SMILES string of the molecule is Nc1ncn(CC(=O)OCc2ccc(F)cc2F)n1. The molecule has 6 nitrogen and oxygen atoms in total. The van der Waals surface area contributed by atoms with Crippen molar-refractivity contribution in [1.29, 1.82) is 0 Å². The molecule has 0 bridgehead atoms. The summed E-state index contributed by atoms with van der Waals surface area (Å²) >= 11 is 0. The Labute approximate surface area is 106 Å². The molecule has 2 aromatic rings. The molecular formula is C11H10F2N4O2. The number of nitrogens with zero attached hydrogens (tertiary/aromatic N) is 3. The zero-order valence-electron chi connectivity index (χ0n) is 9.72. The van der Waals surface area contributed by atoms with Crippen molar-refractivity contribution in [3.05, 3.63) is 41.7 Å². The summed E-state index contributed by atoms with van der Waals surface area (Å²) in [4.78, 5) is 15.1. The van der Waals surface area contributed by atoms with Crippen molar-refractivity contribution in [2.45, 2.75) is 13.2 Å². The van der Waals surface area contributed by atoms with Crippen LogP contribution in [0.15, 0.2) is 24.5 Å². The number of carbonyl (C=O) groups is 1. The van der Waals surface area contributed by atoms with E-state index in [1.807, 2.05) is 0 Å². The monoisotopic (exact) mass is 268 g/mol. The van der Waals surface area contributed by atoms with Crippen molar-refractivity contribution in [3.8, 4) is 0 Å². The summed E-state index contributed by atoms with van der Waals surface area (Å²) in [5, 5.41) is 3.69. The van der Waals surface area contributed by atoms with Gasteiger partial charge < -0.3 is 10.5 Å². The molecule has 0 aliphatic carbocycles. The molecule has 0 aliphatic rings. The summed E-state index contributed by atoms with van der Waals surface area (Å²) < 4.78 is 31.9. The van der Waals surface area contributed by atoms with Crippen LogP contribution in [0.25, 0.3) is 0 Å². The number of carbonyl (C=O) groups excluding carboxylic acids is 1. The molecule has 2 N–H and O–H groups in total. The summed E-state index contributed by atoms with van der Waals surface area (Å²) in [6.45, 7) is -0.470. The van der Waals surface area contributed by atoms with Crippen LogP contribution in [0.1, 0.15) is 5.56 Å². The minimum Gasteiger partial charge on any atom is -0.459 e. The van der Waals surface area contributed by atoms with Gasteiger partial charge in [0.2, 0.25) is 5.95 Å². The fourth-order valence-electron chi connectivity index (χ4n) is 1.36. The molecule has 0 atom stereocenters. The number of halogens is 2. The highest BCUT2D eigenvalue weighted by molar-refractivity contribution is 5.69. The number of nitrogens with two attached hydrogens (primary N) is 1. The summed E-state index contributed by atoms with van der Waals surface area (Å²) in [7, 11) is 0. The summed E-state index contributed by atoms with van der Waals surface area (Å²) in [6.07, 6.45) is 1.27. The van der Waals surface area contributed by atoms with Crippen LogP contribution in [0.4, 0.5) is 14.7 Å². The molecule has 0 saturated heterocycles. The molecule has 2 rings (SSSR count). The van der Waals surface area contributed by atoms with Crippen LogP contribution in [0, 0.1) is 11.6 Å². The molecule has 0 fully saturated rings. The minimum absolute atomic E-state index is 0.0392. The Balaban J connectivity index is 1.89. The lowest BCUT2D eigenvalue weighted by Gasteiger charge is -2.05. The maximum Gasteiger partial charge on any atom is 0.328 e. The number of aromatic nitrogens is 3. The topological polar surface area (TPSA) is 83.0 Å². The molecule has 0 unspecified atom stereocenters. The molecule has 0 spiro atoms. The number of hydrogen-bond donors (Lipinski definition) is 1. The average molecular weight is 268 g/mol. The fourth-order valence-corrected chi connectivity index (χ4v) is 1.36. The van der Waals surface area contributed by atoms with Crippen LogP contribution in [-0.2, 0) is 22.7 Å². The predicted molar refractivity (Wildman–Crippen MR) is 60.6 cm³/mol. The third kappa shape index (κ3) is 3.47. The summed E-state index contributed by atoms with van der Waals surface area (Å²) in [6, 6.07) is 3.02. The van der Waals surface area contributed by atoms with Crippen LogP contribution in [-0.4, -0.2) is 20.7 Å². The molecule has 1 aromatic heterocycles. The summed E-state index contributed by atoms with van der Waals surface area (Å²) in [5.74, 6) is -2.05. The van der Waals surface area contributed by atoms with Crippen molar-refractivity contribution < 1.29 is 18.3 Å². The van der Waals surface area contributed by atoms with E-state index in [1.165, 1.54) is 17.1 Å². The molecule has 0 saturated carbocycles. The zero-order valence-corrected chi connectivity index (χ0v) is 9.72.